The van der Waals surface area contributed by atoms with Crippen LogP contribution in [0.15, 0.2) is 18.2 Å². The first-order valence-corrected chi connectivity index (χ1v) is 6.30. The molecule has 2 rings (SSSR count). The van der Waals surface area contributed by atoms with E-state index in [2.05, 4.69) is 11.8 Å². The van der Waals surface area contributed by atoms with E-state index in [9.17, 15) is 4.79 Å². The van der Waals surface area contributed by atoms with Crippen LogP contribution in [0, 0.1) is 18.8 Å². The van der Waals surface area contributed by atoms with Crippen LogP contribution in [0.3, 0.4) is 0 Å². The van der Waals surface area contributed by atoms with Gasteiger partial charge in [0.05, 0.1) is 13.2 Å². The molecule has 19 heavy (non-hydrogen) atoms. The number of aryl methyl sites for hydroxylation is 1. The van der Waals surface area contributed by atoms with Gasteiger partial charge in [0, 0.05) is 24.2 Å². The van der Waals surface area contributed by atoms with E-state index in [1.165, 1.54) is 0 Å². The highest BCUT2D eigenvalue weighted by atomic mass is 16.5. The molecule has 4 heteroatoms. The zero-order valence-electron chi connectivity index (χ0n) is 11.0. The molecule has 4 nitrogen and oxygen atoms in total. The fraction of sp³-hybridized carbons (Fsp3) is 0.400. The number of nitrogens with zero attached hydrogens (tertiary/aromatic N) is 1. The van der Waals surface area contributed by atoms with E-state index in [0.717, 1.165) is 11.1 Å². The number of carbonyl (C=O) groups excluding carboxylic acids is 1. The lowest BCUT2D eigenvalue weighted by atomic mass is 10.0. The Morgan fingerprint density at radius 1 is 1.42 bits per heavy atom. The SMILES string of the molecule is Cc1ccc(C#CCO)cc1C(=O)N1CCOCC1. The topological polar surface area (TPSA) is 49.8 Å². The molecule has 0 spiro atoms. The molecule has 0 aliphatic carbocycles. The fourth-order valence-electron chi connectivity index (χ4n) is 2.01. The normalized spacial score (nSPS) is 14.7. The van der Waals surface area contributed by atoms with E-state index in [1.54, 1.807) is 11.0 Å². The van der Waals surface area contributed by atoms with Crippen molar-refractivity contribution in [2.24, 2.45) is 0 Å². The van der Waals surface area contributed by atoms with Gasteiger partial charge >= 0.3 is 0 Å². The second kappa shape index (κ2) is 6.37. The van der Waals surface area contributed by atoms with Crippen LogP contribution in [-0.2, 0) is 4.74 Å². The van der Waals surface area contributed by atoms with Crippen LogP contribution in [-0.4, -0.2) is 48.8 Å². The Hall–Kier alpha value is -1.83. The van der Waals surface area contributed by atoms with Crippen molar-refractivity contribution in [2.45, 2.75) is 6.92 Å². The van der Waals surface area contributed by atoms with Gasteiger partial charge in [0.25, 0.3) is 5.91 Å². The second-order valence-corrected chi connectivity index (χ2v) is 4.39. The van der Waals surface area contributed by atoms with Gasteiger partial charge in [-0.05, 0) is 24.6 Å². The number of hydrogen-bond acceptors (Lipinski definition) is 3. The maximum atomic E-state index is 12.4. The number of amides is 1. The van der Waals surface area contributed by atoms with Gasteiger partial charge < -0.3 is 14.7 Å². The van der Waals surface area contributed by atoms with E-state index < -0.39 is 0 Å². The van der Waals surface area contributed by atoms with Gasteiger partial charge in [-0.2, -0.15) is 0 Å². The lowest BCUT2D eigenvalue weighted by Crippen LogP contribution is -2.40. The van der Waals surface area contributed by atoms with Crippen LogP contribution in [0.2, 0.25) is 0 Å². The van der Waals surface area contributed by atoms with E-state index in [4.69, 9.17) is 9.84 Å². The fourth-order valence-corrected chi connectivity index (χ4v) is 2.01. The number of benzene rings is 1. The minimum absolute atomic E-state index is 0.0217. The molecule has 0 bridgehead atoms. The molecular formula is C15H17NO3. The van der Waals surface area contributed by atoms with Crippen molar-refractivity contribution in [2.75, 3.05) is 32.9 Å². The number of carbonyl (C=O) groups is 1. The highest BCUT2D eigenvalue weighted by Gasteiger charge is 2.19. The maximum Gasteiger partial charge on any atom is 0.254 e. The number of morpholine rings is 1. The summed E-state index contributed by atoms with van der Waals surface area (Å²) in [6.45, 7) is 4.18. The first-order chi connectivity index (χ1) is 9.22. The summed E-state index contributed by atoms with van der Waals surface area (Å²) in [7, 11) is 0. The number of hydrogen-bond donors (Lipinski definition) is 1. The molecule has 1 aliphatic rings. The molecule has 1 aliphatic heterocycles. The second-order valence-electron chi connectivity index (χ2n) is 4.39. The lowest BCUT2D eigenvalue weighted by molar-refractivity contribution is 0.0302. The largest absolute Gasteiger partial charge is 0.384 e. The molecule has 1 N–H and O–H groups in total. The van der Waals surface area contributed by atoms with Gasteiger partial charge in [0.15, 0.2) is 0 Å². The van der Waals surface area contributed by atoms with Gasteiger partial charge in [0.2, 0.25) is 0 Å². The molecule has 1 aromatic carbocycles. The van der Waals surface area contributed by atoms with Crippen LogP contribution in [0.1, 0.15) is 21.5 Å². The standard InChI is InChI=1S/C15H17NO3/c1-12-4-5-13(3-2-8-17)11-14(12)15(18)16-6-9-19-10-7-16/h4-5,11,17H,6-10H2,1H3. The molecule has 1 heterocycles. The molecule has 0 unspecified atom stereocenters. The minimum Gasteiger partial charge on any atom is -0.384 e. The van der Waals surface area contributed by atoms with Crippen LogP contribution in [0.25, 0.3) is 0 Å². The van der Waals surface area contributed by atoms with Crippen LogP contribution in [0.5, 0.6) is 0 Å². The minimum atomic E-state index is -0.180. The Morgan fingerprint density at radius 3 is 2.84 bits per heavy atom. The smallest absolute Gasteiger partial charge is 0.254 e. The van der Waals surface area contributed by atoms with Crippen molar-refractivity contribution < 1.29 is 14.6 Å². The number of rotatable bonds is 1. The number of aliphatic hydroxyl groups is 1. The Balaban J connectivity index is 2.24. The zero-order chi connectivity index (χ0) is 13.7. The summed E-state index contributed by atoms with van der Waals surface area (Å²) >= 11 is 0. The van der Waals surface area contributed by atoms with E-state index in [1.807, 2.05) is 19.1 Å². The molecule has 1 aromatic rings. The third-order valence-corrected chi connectivity index (χ3v) is 3.08. The molecule has 0 aromatic heterocycles. The third-order valence-electron chi connectivity index (χ3n) is 3.08. The quantitative estimate of drug-likeness (QED) is 0.759. The molecule has 0 radical (unpaired) electrons. The summed E-state index contributed by atoms with van der Waals surface area (Å²) < 4.78 is 5.25. The van der Waals surface area contributed by atoms with Crippen molar-refractivity contribution in [3.8, 4) is 11.8 Å². The third kappa shape index (κ3) is 3.34. The summed E-state index contributed by atoms with van der Waals surface area (Å²) in [6, 6.07) is 5.53. The van der Waals surface area contributed by atoms with E-state index >= 15 is 0 Å². The maximum absolute atomic E-state index is 12.4. The summed E-state index contributed by atoms with van der Waals surface area (Å²) in [6.07, 6.45) is 0. The summed E-state index contributed by atoms with van der Waals surface area (Å²) in [5.41, 5.74) is 2.36. The van der Waals surface area contributed by atoms with Crippen molar-refractivity contribution in [3.05, 3.63) is 34.9 Å². The Bertz CT molecular complexity index is 522. The Labute approximate surface area is 113 Å². The average molecular weight is 259 g/mol. The van der Waals surface area contributed by atoms with Crippen LogP contribution in [0.4, 0.5) is 0 Å². The van der Waals surface area contributed by atoms with E-state index in [0.29, 0.717) is 31.9 Å². The van der Waals surface area contributed by atoms with Crippen molar-refractivity contribution in [3.63, 3.8) is 0 Å². The van der Waals surface area contributed by atoms with E-state index in [-0.39, 0.29) is 12.5 Å². The predicted octanol–water partition coefficient (Wildman–Crippen LogP) is 0.811. The molecule has 0 saturated carbocycles. The summed E-state index contributed by atoms with van der Waals surface area (Å²) in [5.74, 6) is 5.44. The number of aliphatic hydroxyl groups excluding tert-OH is 1. The van der Waals surface area contributed by atoms with Gasteiger partial charge in [-0.15, -0.1) is 0 Å². The summed E-state index contributed by atoms with van der Waals surface area (Å²) in [4.78, 5) is 14.2. The van der Waals surface area contributed by atoms with Gasteiger partial charge in [-0.25, -0.2) is 0 Å². The summed E-state index contributed by atoms with van der Waals surface area (Å²) in [5, 5.41) is 8.70. The zero-order valence-corrected chi connectivity index (χ0v) is 11.0. The van der Waals surface area contributed by atoms with Gasteiger partial charge in [-0.3, -0.25) is 4.79 Å². The highest BCUT2D eigenvalue weighted by molar-refractivity contribution is 5.96. The monoisotopic (exact) mass is 259 g/mol. The molecule has 1 saturated heterocycles. The van der Waals surface area contributed by atoms with Gasteiger partial charge in [-0.1, -0.05) is 17.9 Å². The Morgan fingerprint density at radius 2 is 2.16 bits per heavy atom. The predicted molar refractivity (Wildman–Crippen MR) is 71.9 cm³/mol. The molecule has 0 atom stereocenters. The van der Waals surface area contributed by atoms with Crippen molar-refractivity contribution >= 4 is 5.91 Å². The molecule has 100 valence electrons. The van der Waals surface area contributed by atoms with Gasteiger partial charge in [0.1, 0.15) is 6.61 Å². The Kier molecular flexibility index (Phi) is 4.56. The van der Waals surface area contributed by atoms with Crippen molar-refractivity contribution in [1.29, 1.82) is 0 Å². The molecular weight excluding hydrogens is 242 g/mol. The lowest BCUT2D eigenvalue weighted by Gasteiger charge is -2.27. The molecule has 1 fully saturated rings. The van der Waals surface area contributed by atoms with Crippen LogP contribution >= 0.6 is 0 Å². The van der Waals surface area contributed by atoms with Crippen LogP contribution < -0.4 is 0 Å². The highest BCUT2D eigenvalue weighted by Crippen LogP contribution is 2.14. The first-order valence-electron chi connectivity index (χ1n) is 6.30. The first kappa shape index (κ1) is 13.6. The average Bonchev–Trinajstić information content (AvgIpc) is 2.46. The molecule has 1 amide bonds. The van der Waals surface area contributed by atoms with Crippen molar-refractivity contribution in [1.82, 2.24) is 4.90 Å². The number of ether oxygens (including phenoxy) is 1.